The molecule has 0 unspecified atom stereocenters. The zero-order valence-electron chi connectivity index (χ0n) is 19.9. The fourth-order valence-electron chi connectivity index (χ4n) is 4.51. The number of hydrogen-bond acceptors (Lipinski definition) is 5. The van der Waals surface area contributed by atoms with Gasteiger partial charge in [-0.1, -0.05) is 30.3 Å². The summed E-state index contributed by atoms with van der Waals surface area (Å²) in [4.78, 5) is 27.2. The van der Waals surface area contributed by atoms with Gasteiger partial charge in [-0.3, -0.25) is 9.59 Å². The van der Waals surface area contributed by atoms with E-state index in [0.29, 0.717) is 63.5 Å². The second-order valence-corrected chi connectivity index (χ2v) is 11.0. The van der Waals surface area contributed by atoms with E-state index in [1.165, 1.54) is 4.31 Å². The zero-order valence-corrected chi connectivity index (χ0v) is 20.7. The molecule has 9 heteroatoms. The van der Waals surface area contributed by atoms with Crippen LogP contribution in [0.2, 0.25) is 0 Å². The van der Waals surface area contributed by atoms with Crippen molar-refractivity contribution in [3.8, 4) is 5.75 Å². The maximum atomic E-state index is 12.6. The Morgan fingerprint density at radius 3 is 2.23 bits per heavy atom. The number of carbonyl (C=O) groups is 2. The molecule has 0 aromatic heterocycles. The van der Waals surface area contributed by atoms with Crippen molar-refractivity contribution in [1.29, 1.82) is 0 Å². The van der Waals surface area contributed by atoms with Crippen molar-refractivity contribution < 1.29 is 22.7 Å². The van der Waals surface area contributed by atoms with Gasteiger partial charge in [0.1, 0.15) is 5.75 Å². The molecular formula is C26H33N3O5S. The van der Waals surface area contributed by atoms with Crippen molar-refractivity contribution in [2.45, 2.75) is 43.5 Å². The normalized spacial score (nSPS) is 17.3. The standard InChI is InChI=1S/C26H33N3O5S/c30-25(14-19-34-23-6-2-1-3-7-23)28-17-12-22(13-18-28)26(31)27-20-21-8-10-24(11-9-21)35(32,33)29-15-4-5-16-29/h1-3,6-11,22H,4-5,12-20H2,(H,27,31). The van der Waals surface area contributed by atoms with Crippen molar-refractivity contribution in [2.24, 2.45) is 5.92 Å². The summed E-state index contributed by atoms with van der Waals surface area (Å²) < 4.78 is 32.4. The summed E-state index contributed by atoms with van der Waals surface area (Å²) in [6.45, 7) is 2.95. The Kier molecular flexibility index (Phi) is 8.41. The third kappa shape index (κ3) is 6.61. The molecule has 4 rings (SSSR count). The van der Waals surface area contributed by atoms with Gasteiger partial charge in [-0.2, -0.15) is 4.31 Å². The van der Waals surface area contributed by atoms with Gasteiger partial charge in [0.05, 0.1) is 17.9 Å². The lowest BCUT2D eigenvalue weighted by Gasteiger charge is -2.31. The Morgan fingerprint density at radius 2 is 1.57 bits per heavy atom. The first-order valence-corrected chi connectivity index (χ1v) is 13.7. The largest absolute Gasteiger partial charge is 0.493 e. The van der Waals surface area contributed by atoms with Crippen LogP contribution >= 0.6 is 0 Å². The van der Waals surface area contributed by atoms with Crippen molar-refractivity contribution in [3.05, 3.63) is 60.2 Å². The third-order valence-corrected chi connectivity index (χ3v) is 8.55. The van der Waals surface area contributed by atoms with Gasteiger partial charge in [-0.05, 0) is 55.5 Å². The number of para-hydroxylation sites is 1. The first kappa shape index (κ1) is 25.2. The summed E-state index contributed by atoms with van der Waals surface area (Å²) in [6.07, 6.45) is 3.38. The van der Waals surface area contributed by atoms with Crippen molar-refractivity contribution in [3.63, 3.8) is 0 Å². The number of nitrogens with one attached hydrogen (secondary N) is 1. The minimum absolute atomic E-state index is 0.0294. The van der Waals surface area contributed by atoms with Gasteiger partial charge in [-0.15, -0.1) is 0 Å². The lowest BCUT2D eigenvalue weighted by molar-refractivity contribution is -0.136. The molecule has 0 atom stereocenters. The Morgan fingerprint density at radius 1 is 0.914 bits per heavy atom. The van der Waals surface area contributed by atoms with Gasteiger partial charge in [0.15, 0.2) is 0 Å². The quantitative estimate of drug-likeness (QED) is 0.572. The van der Waals surface area contributed by atoms with Crippen molar-refractivity contribution in [1.82, 2.24) is 14.5 Å². The summed E-state index contributed by atoms with van der Waals surface area (Å²) in [5, 5.41) is 2.96. The minimum atomic E-state index is -3.43. The number of benzene rings is 2. The summed E-state index contributed by atoms with van der Waals surface area (Å²) in [5.74, 6) is 0.634. The number of carbonyl (C=O) groups excluding carboxylic acids is 2. The van der Waals surface area contributed by atoms with Crippen LogP contribution in [0, 0.1) is 5.92 Å². The van der Waals surface area contributed by atoms with E-state index >= 15 is 0 Å². The maximum Gasteiger partial charge on any atom is 0.243 e. The predicted molar refractivity (Wildman–Crippen MR) is 132 cm³/mol. The number of rotatable bonds is 9. The first-order chi connectivity index (χ1) is 16.9. The van der Waals surface area contributed by atoms with Crippen LogP contribution in [0.4, 0.5) is 0 Å². The maximum absolute atomic E-state index is 12.6. The molecule has 8 nitrogen and oxygen atoms in total. The molecule has 2 amide bonds. The van der Waals surface area contributed by atoms with E-state index < -0.39 is 10.0 Å². The number of likely N-dealkylation sites (tertiary alicyclic amines) is 1. The van der Waals surface area contributed by atoms with Crippen LogP contribution in [0.3, 0.4) is 0 Å². The highest BCUT2D eigenvalue weighted by Gasteiger charge is 2.28. The van der Waals surface area contributed by atoms with E-state index in [1.54, 1.807) is 29.2 Å². The molecular weight excluding hydrogens is 466 g/mol. The average molecular weight is 500 g/mol. The Balaban J connectivity index is 1.17. The monoisotopic (exact) mass is 499 g/mol. The summed E-state index contributed by atoms with van der Waals surface area (Å²) in [6, 6.07) is 16.1. The third-order valence-electron chi connectivity index (χ3n) is 6.64. The molecule has 188 valence electrons. The number of ether oxygens (including phenoxy) is 1. The number of sulfonamides is 1. The van der Waals surface area contributed by atoms with Gasteiger partial charge in [0.2, 0.25) is 21.8 Å². The highest BCUT2D eigenvalue weighted by atomic mass is 32.2. The average Bonchev–Trinajstić information content (AvgIpc) is 3.44. The minimum Gasteiger partial charge on any atom is -0.493 e. The molecule has 0 aliphatic carbocycles. The van der Waals surface area contributed by atoms with E-state index in [9.17, 15) is 18.0 Å². The van der Waals surface area contributed by atoms with Gasteiger partial charge in [-0.25, -0.2) is 8.42 Å². The molecule has 0 spiro atoms. The summed E-state index contributed by atoms with van der Waals surface area (Å²) >= 11 is 0. The van der Waals surface area contributed by atoms with Crippen molar-refractivity contribution >= 4 is 21.8 Å². The SMILES string of the molecule is O=C(NCc1ccc(S(=O)(=O)N2CCCC2)cc1)C1CCN(C(=O)CCOc2ccccc2)CC1. The summed E-state index contributed by atoms with van der Waals surface area (Å²) in [7, 11) is -3.43. The van der Waals surface area contributed by atoms with E-state index in [2.05, 4.69) is 5.32 Å². The number of nitrogens with zero attached hydrogens (tertiary/aromatic N) is 2. The fourth-order valence-corrected chi connectivity index (χ4v) is 6.03. The molecule has 0 saturated carbocycles. The predicted octanol–water partition coefficient (Wildman–Crippen LogP) is 2.79. The van der Waals surface area contributed by atoms with E-state index in [4.69, 9.17) is 4.74 Å². The molecule has 0 radical (unpaired) electrons. The molecule has 2 aliphatic rings. The first-order valence-electron chi connectivity index (χ1n) is 12.3. The van der Waals surface area contributed by atoms with E-state index in [0.717, 1.165) is 24.2 Å². The Bertz CT molecular complexity index is 1090. The lowest BCUT2D eigenvalue weighted by Crippen LogP contribution is -2.43. The molecule has 2 saturated heterocycles. The van der Waals surface area contributed by atoms with Gasteiger partial charge in [0.25, 0.3) is 0 Å². The zero-order chi connectivity index (χ0) is 24.7. The second kappa shape index (κ2) is 11.7. The molecule has 35 heavy (non-hydrogen) atoms. The molecule has 2 aliphatic heterocycles. The molecule has 2 aromatic carbocycles. The van der Waals surface area contributed by atoms with Crippen LogP contribution in [0.1, 0.15) is 37.7 Å². The number of amides is 2. The lowest BCUT2D eigenvalue weighted by atomic mass is 9.95. The smallest absolute Gasteiger partial charge is 0.243 e. The second-order valence-electron chi connectivity index (χ2n) is 9.04. The van der Waals surface area contributed by atoms with Crippen LogP contribution in [-0.4, -0.2) is 62.2 Å². The molecule has 2 heterocycles. The van der Waals surface area contributed by atoms with Crippen LogP contribution in [0.5, 0.6) is 5.75 Å². The van der Waals surface area contributed by atoms with Crippen LogP contribution < -0.4 is 10.1 Å². The number of hydrogen-bond donors (Lipinski definition) is 1. The molecule has 2 fully saturated rings. The number of piperidine rings is 1. The molecule has 1 N–H and O–H groups in total. The highest BCUT2D eigenvalue weighted by molar-refractivity contribution is 7.89. The van der Waals surface area contributed by atoms with E-state index in [1.807, 2.05) is 30.3 Å². The highest BCUT2D eigenvalue weighted by Crippen LogP contribution is 2.22. The Labute approximate surface area is 207 Å². The molecule has 0 bridgehead atoms. The van der Waals surface area contributed by atoms with Crippen LogP contribution in [-0.2, 0) is 26.2 Å². The van der Waals surface area contributed by atoms with Gasteiger partial charge < -0.3 is 15.0 Å². The summed E-state index contributed by atoms with van der Waals surface area (Å²) in [5.41, 5.74) is 0.852. The van der Waals surface area contributed by atoms with Gasteiger partial charge in [0, 0.05) is 38.6 Å². The van der Waals surface area contributed by atoms with Crippen LogP contribution in [0.25, 0.3) is 0 Å². The molecule has 2 aromatic rings. The topological polar surface area (TPSA) is 96.0 Å². The van der Waals surface area contributed by atoms with Crippen LogP contribution in [0.15, 0.2) is 59.5 Å². The van der Waals surface area contributed by atoms with E-state index in [-0.39, 0.29) is 17.7 Å². The van der Waals surface area contributed by atoms with Crippen molar-refractivity contribution in [2.75, 3.05) is 32.8 Å². The Hall–Kier alpha value is -2.91. The fraction of sp³-hybridized carbons (Fsp3) is 0.462. The van der Waals surface area contributed by atoms with Gasteiger partial charge >= 0.3 is 0 Å².